The average Bonchev–Trinajstić information content (AvgIpc) is 3.22. The molecule has 1 atom stereocenters. The molecule has 0 N–H and O–H groups in total. The number of hydrogen-bond acceptors (Lipinski definition) is 1. The van der Waals surface area contributed by atoms with Crippen molar-refractivity contribution < 1.29 is 0 Å². The molecule has 0 saturated heterocycles. The predicted octanol–water partition coefficient (Wildman–Crippen LogP) is 8.43. The minimum Gasteiger partial charge on any atom is -0.350 e. The van der Waals surface area contributed by atoms with Crippen LogP contribution in [0.3, 0.4) is 0 Å². The van der Waals surface area contributed by atoms with Gasteiger partial charge in [0.2, 0.25) is 0 Å². The summed E-state index contributed by atoms with van der Waals surface area (Å²) >= 11 is 10.6. The summed E-state index contributed by atoms with van der Waals surface area (Å²) in [5.74, 6) is 0. The van der Waals surface area contributed by atoms with E-state index < -0.39 is 4.45 Å². The monoisotopic (exact) mass is 538 g/mol. The van der Waals surface area contributed by atoms with Crippen molar-refractivity contribution in [3.05, 3.63) is 148 Å². The minimum absolute atomic E-state index is 0.578. The maximum Gasteiger partial charge on any atom is 0.162 e. The van der Waals surface area contributed by atoms with Gasteiger partial charge in [0.25, 0.3) is 0 Å². The maximum atomic E-state index is 6.32. The Labute approximate surface area is 219 Å². The fraction of sp³-hybridized carbons (Fsp3) is 0.0968. The Morgan fingerprint density at radius 1 is 0.686 bits per heavy atom. The van der Waals surface area contributed by atoms with Crippen LogP contribution in [0.2, 0.25) is 5.02 Å². The molecule has 2 heterocycles. The van der Waals surface area contributed by atoms with Crippen molar-refractivity contribution in [2.75, 3.05) is 0 Å². The Kier molecular flexibility index (Phi) is 5.75. The van der Waals surface area contributed by atoms with E-state index in [1.165, 1.54) is 33.3 Å². The van der Waals surface area contributed by atoms with Crippen molar-refractivity contribution in [2.45, 2.75) is 17.5 Å². The summed E-state index contributed by atoms with van der Waals surface area (Å²) < 4.78 is 1.89. The number of aromatic nitrogens is 1. The Balaban J connectivity index is 1.61. The zero-order chi connectivity index (χ0) is 23.8. The van der Waals surface area contributed by atoms with Crippen LogP contribution in [-0.4, -0.2) is 9.47 Å². The van der Waals surface area contributed by atoms with Gasteiger partial charge >= 0.3 is 0 Å². The number of para-hydroxylation sites is 1. The summed E-state index contributed by atoms with van der Waals surface area (Å²) in [4.78, 5) is 2.38. The van der Waals surface area contributed by atoms with Crippen LogP contribution in [-0.2, 0) is 17.5 Å². The molecule has 5 aromatic rings. The van der Waals surface area contributed by atoms with E-state index in [2.05, 4.69) is 135 Å². The Bertz CT molecular complexity index is 1510. The van der Waals surface area contributed by atoms with Crippen LogP contribution in [0.15, 0.2) is 115 Å². The highest BCUT2D eigenvalue weighted by molar-refractivity contribution is 9.09. The highest BCUT2D eigenvalue weighted by atomic mass is 79.9. The number of halogens is 2. The fourth-order valence-corrected chi connectivity index (χ4v) is 6.17. The van der Waals surface area contributed by atoms with Crippen LogP contribution in [0.1, 0.15) is 27.9 Å². The van der Waals surface area contributed by atoms with Gasteiger partial charge in [0, 0.05) is 40.8 Å². The van der Waals surface area contributed by atoms with Crippen molar-refractivity contribution >= 4 is 44.5 Å². The van der Waals surface area contributed by atoms with Crippen molar-refractivity contribution in [3.63, 3.8) is 0 Å². The maximum absolute atomic E-state index is 6.32. The number of rotatable bonds is 5. The molecule has 0 spiro atoms. The zero-order valence-electron chi connectivity index (χ0n) is 19.1. The fourth-order valence-electron chi connectivity index (χ4n) is 5.10. The largest absolute Gasteiger partial charge is 0.350 e. The smallest absolute Gasteiger partial charge is 0.162 e. The van der Waals surface area contributed by atoms with E-state index in [1.54, 1.807) is 0 Å². The standard InChI is InChI=1S/C31H24BrClN2/c32-31(25-15-17-26(33)18-16-25)30-28(19-20-34(31)21-23-9-3-1-4-10-23)27-13-7-8-14-29(27)35(30)22-24-11-5-2-6-12-24/h1-20H,21-22H2. The van der Waals surface area contributed by atoms with Gasteiger partial charge < -0.3 is 9.47 Å². The summed E-state index contributed by atoms with van der Waals surface area (Å²) in [6.07, 6.45) is 4.48. The molecule has 0 fully saturated rings. The van der Waals surface area contributed by atoms with E-state index in [4.69, 9.17) is 11.6 Å². The molecule has 1 unspecified atom stereocenters. The predicted molar refractivity (Wildman–Crippen MR) is 150 cm³/mol. The minimum atomic E-state index is -0.578. The molecule has 0 amide bonds. The molecule has 6 rings (SSSR count). The van der Waals surface area contributed by atoms with E-state index in [0.717, 1.165) is 23.7 Å². The Hall–Kier alpha value is -3.27. The van der Waals surface area contributed by atoms with Gasteiger partial charge in [-0.15, -0.1) is 0 Å². The number of hydrogen-bond donors (Lipinski definition) is 0. The first-order chi connectivity index (χ1) is 17.1. The lowest BCUT2D eigenvalue weighted by Crippen LogP contribution is -2.42. The summed E-state index contributed by atoms with van der Waals surface area (Å²) in [7, 11) is 0. The van der Waals surface area contributed by atoms with Crippen molar-refractivity contribution in [3.8, 4) is 0 Å². The number of nitrogens with zero attached hydrogens (tertiary/aromatic N) is 2. The van der Waals surface area contributed by atoms with E-state index in [1.807, 2.05) is 12.1 Å². The topological polar surface area (TPSA) is 8.17 Å². The molecule has 1 aliphatic rings. The number of fused-ring (bicyclic) bond motifs is 3. The summed E-state index contributed by atoms with van der Waals surface area (Å²) in [5.41, 5.74) is 7.36. The molecule has 0 radical (unpaired) electrons. The SMILES string of the molecule is Clc1ccc(C2(Br)c3c(c4ccccc4n3Cc3ccccc3)C=CN2Cc2ccccc2)cc1. The van der Waals surface area contributed by atoms with Gasteiger partial charge in [0.15, 0.2) is 4.45 Å². The first-order valence-electron chi connectivity index (χ1n) is 11.7. The average molecular weight is 540 g/mol. The first-order valence-corrected chi connectivity index (χ1v) is 12.9. The summed E-state index contributed by atoms with van der Waals surface area (Å²) in [6, 6.07) is 38.2. The van der Waals surface area contributed by atoms with Crippen LogP contribution >= 0.6 is 27.5 Å². The van der Waals surface area contributed by atoms with Crippen LogP contribution in [0.5, 0.6) is 0 Å². The highest BCUT2D eigenvalue weighted by Gasteiger charge is 2.43. The molecule has 2 nitrogen and oxygen atoms in total. The molecule has 0 aliphatic carbocycles. The third-order valence-electron chi connectivity index (χ3n) is 6.75. The molecule has 4 heteroatoms. The van der Waals surface area contributed by atoms with Gasteiger partial charge in [-0.1, -0.05) is 103 Å². The van der Waals surface area contributed by atoms with Gasteiger partial charge in [-0.05, 0) is 56.9 Å². The number of alkyl halides is 1. The Morgan fingerprint density at radius 3 is 1.97 bits per heavy atom. The van der Waals surface area contributed by atoms with Crippen molar-refractivity contribution in [2.24, 2.45) is 0 Å². The molecule has 4 aromatic carbocycles. The molecule has 172 valence electrons. The van der Waals surface area contributed by atoms with Crippen LogP contribution < -0.4 is 0 Å². The molecule has 0 bridgehead atoms. The lowest BCUT2D eigenvalue weighted by molar-refractivity contribution is 0.270. The van der Waals surface area contributed by atoms with Gasteiger partial charge in [-0.3, -0.25) is 0 Å². The second-order valence-electron chi connectivity index (χ2n) is 8.91. The second kappa shape index (κ2) is 9.07. The van der Waals surface area contributed by atoms with Crippen molar-refractivity contribution in [1.82, 2.24) is 9.47 Å². The molecule has 35 heavy (non-hydrogen) atoms. The normalized spacial score (nSPS) is 17.0. The molecular formula is C31H24BrClN2. The third kappa shape index (κ3) is 3.89. The highest BCUT2D eigenvalue weighted by Crippen LogP contribution is 2.50. The quantitative estimate of drug-likeness (QED) is 0.161. The van der Waals surface area contributed by atoms with E-state index in [-0.39, 0.29) is 0 Å². The molecule has 1 aromatic heterocycles. The van der Waals surface area contributed by atoms with Gasteiger partial charge in [-0.25, -0.2) is 0 Å². The molecule has 1 aliphatic heterocycles. The van der Waals surface area contributed by atoms with Crippen LogP contribution in [0.4, 0.5) is 0 Å². The van der Waals surface area contributed by atoms with Crippen molar-refractivity contribution in [1.29, 1.82) is 0 Å². The summed E-state index contributed by atoms with van der Waals surface area (Å²) in [5, 5.41) is 1.99. The van der Waals surface area contributed by atoms with Crippen LogP contribution in [0.25, 0.3) is 17.0 Å². The van der Waals surface area contributed by atoms with Gasteiger partial charge in [0.1, 0.15) is 0 Å². The van der Waals surface area contributed by atoms with E-state index in [0.29, 0.717) is 0 Å². The zero-order valence-corrected chi connectivity index (χ0v) is 21.5. The molecular weight excluding hydrogens is 516 g/mol. The second-order valence-corrected chi connectivity index (χ2v) is 10.5. The molecule has 0 saturated carbocycles. The first kappa shape index (κ1) is 22.2. The van der Waals surface area contributed by atoms with Crippen LogP contribution in [0, 0.1) is 0 Å². The third-order valence-corrected chi connectivity index (χ3v) is 8.29. The lowest BCUT2D eigenvalue weighted by atomic mass is 9.94. The van der Waals surface area contributed by atoms with Gasteiger partial charge in [-0.2, -0.15) is 0 Å². The number of benzene rings is 4. The lowest BCUT2D eigenvalue weighted by Gasteiger charge is -2.43. The van der Waals surface area contributed by atoms with Gasteiger partial charge in [0.05, 0.1) is 5.69 Å². The summed E-state index contributed by atoms with van der Waals surface area (Å²) in [6.45, 7) is 1.54. The Morgan fingerprint density at radius 2 is 1.29 bits per heavy atom. The van der Waals surface area contributed by atoms with E-state index in [9.17, 15) is 0 Å². The van der Waals surface area contributed by atoms with E-state index >= 15 is 0 Å².